The first-order valence-corrected chi connectivity index (χ1v) is 8.74. The molecule has 0 spiro atoms. The molecule has 0 aliphatic carbocycles. The monoisotopic (exact) mass is 327 g/mol. The highest BCUT2D eigenvalue weighted by molar-refractivity contribution is 7.89. The molecular formula is C15H21NO5S. The molecule has 1 N–H and O–H groups in total. The second-order valence-corrected chi connectivity index (χ2v) is 7.59. The Labute approximate surface area is 130 Å². The minimum atomic E-state index is -3.57. The number of benzene rings is 1. The average molecular weight is 327 g/mol. The van der Waals surface area contributed by atoms with E-state index in [4.69, 9.17) is 9.84 Å². The zero-order valence-corrected chi connectivity index (χ0v) is 13.5. The number of piperidine rings is 1. The van der Waals surface area contributed by atoms with Crippen LogP contribution < -0.4 is 4.74 Å². The van der Waals surface area contributed by atoms with Gasteiger partial charge in [-0.05, 0) is 51.0 Å². The van der Waals surface area contributed by atoms with Gasteiger partial charge in [-0.1, -0.05) is 0 Å². The number of carboxylic acids is 1. The van der Waals surface area contributed by atoms with Crippen molar-refractivity contribution in [1.82, 2.24) is 4.31 Å². The van der Waals surface area contributed by atoms with E-state index in [1.165, 1.54) is 16.4 Å². The molecule has 2 rings (SSSR count). The van der Waals surface area contributed by atoms with Crippen LogP contribution in [0.1, 0.15) is 26.7 Å². The molecule has 122 valence electrons. The van der Waals surface area contributed by atoms with Gasteiger partial charge < -0.3 is 9.84 Å². The Balaban J connectivity index is 2.09. The fraction of sp³-hybridized carbons (Fsp3) is 0.533. The molecular weight excluding hydrogens is 306 g/mol. The van der Waals surface area contributed by atoms with Crippen LogP contribution >= 0.6 is 0 Å². The highest BCUT2D eigenvalue weighted by Crippen LogP contribution is 2.25. The summed E-state index contributed by atoms with van der Waals surface area (Å²) in [6.45, 7) is 4.28. The third-order valence-corrected chi connectivity index (χ3v) is 5.55. The molecule has 0 aromatic heterocycles. The molecule has 0 atom stereocenters. The Morgan fingerprint density at radius 2 is 1.77 bits per heavy atom. The van der Waals surface area contributed by atoms with Gasteiger partial charge in [-0.3, -0.25) is 4.79 Å². The van der Waals surface area contributed by atoms with Gasteiger partial charge in [0.2, 0.25) is 10.0 Å². The highest BCUT2D eigenvalue weighted by atomic mass is 32.2. The molecule has 0 saturated carbocycles. The number of hydrogen-bond donors (Lipinski definition) is 1. The van der Waals surface area contributed by atoms with Crippen molar-refractivity contribution in [3.8, 4) is 5.75 Å². The first-order valence-electron chi connectivity index (χ1n) is 7.30. The largest absolute Gasteiger partial charge is 0.491 e. The van der Waals surface area contributed by atoms with Crippen LogP contribution in [0.4, 0.5) is 0 Å². The highest BCUT2D eigenvalue weighted by Gasteiger charge is 2.31. The van der Waals surface area contributed by atoms with Crippen LogP contribution in [-0.4, -0.2) is 43.0 Å². The Morgan fingerprint density at radius 3 is 2.23 bits per heavy atom. The Bertz CT molecular complexity index is 616. The minimum Gasteiger partial charge on any atom is -0.491 e. The van der Waals surface area contributed by atoms with Gasteiger partial charge in [0.05, 0.1) is 16.9 Å². The van der Waals surface area contributed by atoms with Crippen molar-refractivity contribution in [3.63, 3.8) is 0 Å². The summed E-state index contributed by atoms with van der Waals surface area (Å²) in [6, 6.07) is 6.32. The molecule has 1 aromatic carbocycles. The van der Waals surface area contributed by atoms with E-state index in [-0.39, 0.29) is 24.1 Å². The van der Waals surface area contributed by atoms with Crippen molar-refractivity contribution in [2.24, 2.45) is 5.92 Å². The molecule has 1 heterocycles. The molecule has 0 amide bonds. The molecule has 1 aliphatic rings. The lowest BCUT2D eigenvalue weighted by Gasteiger charge is -2.29. The third kappa shape index (κ3) is 3.78. The molecule has 1 aromatic rings. The average Bonchev–Trinajstić information content (AvgIpc) is 2.47. The maximum absolute atomic E-state index is 12.5. The van der Waals surface area contributed by atoms with E-state index in [1.807, 2.05) is 13.8 Å². The van der Waals surface area contributed by atoms with Gasteiger partial charge in [0.25, 0.3) is 0 Å². The predicted octanol–water partition coefficient (Wildman–Crippen LogP) is 1.96. The number of hydrogen-bond acceptors (Lipinski definition) is 4. The maximum atomic E-state index is 12.5. The van der Waals surface area contributed by atoms with Crippen molar-refractivity contribution in [3.05, 3.63) is 24.3 Å². The molecule has 22 heavy (non-hydrogen) atoms. The molecule has 0 bridgehead atoms. The summed E-state index contributed by atoms with van der Waals surface area (Å²) < 4.78 is 31.9. The number of carbonyl (C=O) groups is 1. The second-order valence-electron chi connectivity index (χ2n) is 5.65. The summed E-state index contributed by atoms with van der Waals surface area (Å²) in [5.74, 6) is -0.681. The SMILES string of the molecule is CC(C)Oc1ccc(S(=O)(=O)N2CCC(C(=O)O)CC2)cc1. The summed E-state index contributed by atoms with van der Waals surface area (Å²) in [5.41, 5.74) is 0. The smallest absolute Gasteiger partial charge is 0.306 e. The Hall–Kier alpha value is -1.60. The normalized spacial score (nSPS) is 17.6. The van der Waals surface area contributed by atoms with Crippen LogP contribution in [0.25, 0.3) is 0 Å². The number of nitrogens with zero attached hydrogens (tertiary/aromatic N) is 1. The van der Waals surface area contributed by atoms with Crippen molar-refractivity contribution in [2.45, 2.75) is 37.7 Å². The van der Waals surface area contributed by atoms with Crippen LogP contribution in [0.3, 0.4) is 0 Å². The summed E-state index contributed by atoms with van der Waals surface area (Å²) in [4.78, 5) is 11.1. The third-order valence-electron chi connectivity index (χ3n) is 3.64. The fourth-order valence-electron chi connectivity index (χ4n) is 2.45. The Kier molecular flexibility index (Phi) is 5.08. The zero-order chi connectivity index (χ0) is 16.3. The molecule has 1 saturated heterocycles. The van der Waals surface area contributed by atoms with Gasteiger partial charge >= 0.3 is 5.97 Å². The van der Waals surface area contributed by atoms with Crippen LogP contribution in [0, 0.1) is 5.92 Å². The van der Waals surface area contributed by atoms with E-state index in [1.54, 1.807) is 12.1 Å². The summed E-state index contributed by atoms with van der Waals surface area (Å²) in [5, 5.41) is 8.96. The van der Waals surface area contributed by atoms with Crippen LogP contribution in [0.5, 0.6) is 5.75 Å². The summed E-state index contributed by atoms with van der Waals surface area (Å²) >= 11 is 0. The second kappa shape index (κ2) is 6.66. The van der Waals surface area contributed by atoms with E-state index in [2.05, 4.69) is 0 Å². The summed E-state index contributed by atoms with van der Waals surface area (Å²) in [7, 11) is -3.57. The molecule has 7 heteroatoms. The van der Waals surface area contributed by atoms with E-state index < -0.39 is 21.9 Å². The molecule has 1 fully saturated rings. The minimum absolute atomic E-state index is 0.0255. The number of sulfonamides is 1. The van der Waals surface area contributed by atoms with Crippen LogP contribution in [0.15, 0.2) is 29.2 Å². The van der Waals surface area contributed by atoms with Gasteiger partial charge in [0.1, 0.15) is 5.75 Å². The Morgan fingerprint density at radius 1 is 1.23 bits per heavy atom. The number of ether oxygens (including phenoxy) is 1. The topological polar surface area (TPSA) is 83.9 Å². The lowest BCUT2D eigenvalue weighted by atomic mass is 9.99. The van der Waals surface area contributed by atoms with Gasteiger partial charge in [-0.2, -0.15) is 4.31 Å². The number of rotatable bonds is 5. The van der Waals surface area contributed by atoms with Crippen LogP contribution in [-0.2, 0) is 14.8 Å². The zero-order valence-electron chi connectivity index (χ0n) is 12.7. The standard InChI is InChI=1S/C15H21NO5S/c1-11(2)21-13-3-5-14(6-4-13)22(19,20)16-9-7-12(8-10-16)15(17)18/h3-6,11-12H,7-10H2,1-2H3,(H,17,18). The first kappa shape index (κ1) is 16.8. The molecule has 0 radical (unpaired) electrons. The fourth-order valence-corrected chi connectivity index (χ4v) is 3.92. The van der Waals surface area contributed by atoms with Gasteiger partial charge in [-0.15, -0.1) is 0 Å². The van der Waals surface area contributed by atoms with E-state index >= 15 is 0 Å². The lowest BCUT2D eigenvalue weighted by Crippen LogP contribution is -2.40. The van der Waals surface area contributed by atoms with Gasteiger partial charge in [0, 0.05) is 13.1 Å². The first-order chi connectivity index (χ1) is 10.3. The van der Waals surface area contributed by atoms with Crippen LogP contribution in [0.2, 0.25) is 0 Å². The van der Waals surface area contributed by atoms with Gasteiger partial charge in [0.15, 0.2) is 0 Å². The molecule has 1 aliphatic heterocycles. The van der Waals surface area contributed by atoms with E-state index in [9.17, 15) is 13.2 Å². The molecule has 6 nitrogen and oxygen atoms in total. The number of carboxylic acid groups (broad SMARTS) is 1. The van der Waals surface area contributed by atoms with E-state index in [0.717, 1.165) is 0 Å². The molecule has 0 unspecified atom stereocenters. The maximum Gasteiger partial charge on any atom is 0.306 e. The van der Waals surface area contributed by atoms with Crippen molar-refractivity contribution in [1.29, 1.82) is 0 Å². The van der Waals surface area contributed by atoms with Crippen molar-refractivity contribution >= 4 is 16.0 Å². The van der Waals surface area contributed by atoms with E-state index in [0.29, 0.717) is 18.6 Å². The van der Waals surface area contributed by atoms with Gasteiger partial charge in [-0.25, -0.2) is 8.42 Å². The van der Waals surface area contributed by atoms with Crippen molar-refractivity contribution < 1.29 is 23.1 Å². The lowest BCUT2D eigenvalue weighted by molar-refractivity contribution is -0.142. The quantitative estimate of drug-likeness (QED) is 0.894. The summed E-state index contributed by atoms with van der Waals surface area (Å²) in [6.07, 6.45) is 0.726. The predicted molar refractivity (Wildman–Crippen MR) is 81.3 cm³/mol. The van der Waals surface area contributed by atoms with Crippen molar-refractivity contribution in [2.75, 3.05) is 13.1 Å². The number of aliphatic carboxylic acids is 1.